The normalized spacial score (nSPS) is 12.3. The van der Waals surface area contributed by atoms with Crippen LogP contribution < -0.4 is 4.72 Å². The molecule has 1 N–H and O–H groups in total. The van der Waals surface area contributed by atoms with Gasteiger partial charge in [-0.05, 0) is 13.8 Å². The molecule has 0 amide bonds. The maximum absolute atomic E-state index is 11.2. The molecule has 6 heteroatoms. The van der Waals surface area contributed by atoms with Crippen molar-refractivity contribution < 1.29 is 17.9 Å². The van der Waals surface area contributed by atoms with Crippen LogP contribution in [0.25, 0.3) is 0 Å². The Hall–Kier alpha value is -0.170. The molecule has 0 aromatic rings. The van der Waals surface area contributed by atoms with Gasteiger partial charge in [0, 0.05) is 13.7 Å². The van der Waals surface area contributed by atoms with Crippen molar-refractivity contribution in [2.24, 2.45) is 0 Å². The van der Waals surface area contributed by atoms with Gasteiger partial charge in [-0.25, -0.2) is 13.1 Å². The first-order chi connectivity index (χ1) is 6.50. The molecule has 0 aliphatic rings. The summed E-state index contributed by atoms with van der Waals surface area (Å²) in [6.07, 6.45) is 0. The summed E-state index contributed by atoms with van der Waals surface area (Å²) in [5, 5.41) is -0.401. The number of hydrogen-bond acceptors (Lipinski definition) is 4. The fraction of sp³-hybridized carbons (Fsp3) is 1.00. The van der Waals surface area contributed by atoms with Crippen LogP contribution in [0.1, 0.15) is 13.8 Å². The van der Waals surface area contributed by atoms with Crippen LogP contribution in [0.3, 0.4) is 0 Å². The second-order valence-electron chi connectivity index (χ2n) is 3.09. The molecular formula is C8H19NO4S. The topological polar surface area (TPSA) is 64.6 Å². The van der Waals surface area contributed by atoms with E-state index in [-0.39, 0.29) is 0 Å². The molecule has 0 aromatic heterocycles. The smallest absolute Gasteiger partial charge is 0.214 e. The van der Waals surface area contributed by atoms with Crippen molar-refractivity contribution in [3.63, 3.8) is 0 Å². The standard InChI is InChI=1S/C8H19NO4S/c1-8(2)14(10,11)9-4-5-13-7-6-12-3/h8-9H,4-7H2,1-3H3. The summed E-state index contributed by atoms with van der Waals surface area (Å²) in [6, 6.07) is 0. The number of methoxy groups -OCH3 is 1. The molecule has 0 aromatic carbocycles. The Morgan fingerprint density at radius 3 is 2.36 bits per heavy atom. The van der Waals surface area contributed by atoms with Crippen molar-refractivity contribution in [1.29, 1.82) is 0 Å². The molecule has 5 nitrogen and oxygen atoms in total. The van der Waals surface area contributed by atoms with Crippen molar-refractivity contribution in [2.75, 3.05) is 33.5 Å². The van der Waals surface area contributed by atoms with E-state index in [0.29, 0.717) is 26.4 Å². The fourth-order valence-corrected chi connectivity index (χ4v) is 1.37. The molecule has 0 saturated carbocycles. The SMILES string of the molecule is COCCOCCNS(=O)(=O)C(C)C. The van der Waals surface area contributed by atoms with Crippen LogP contribution in [-0.2, 0) is 19.5 Å². The average Bonchev–Trinajstić information content (AvgIpc) is 2.10. The van der Waals surface area contributed by atoms with Gasteiger partial charge in [0.2, 0.25) is 10.0 Å². The summed E-state index contributed by atoms with van der Waals surface area (Å²) in [7, 11) is -1.56. The molecular weight excluding hydrogens is 206 g/mol. The van der Waals surface area contributed by atoms with E-state index >= 15 is 0 Å². The van der Waals surface area contributed by atoms with Gasteiger partial charge in [0.1, 0.15) is 0 Å². The minimum Gasteiger partial charge on any atom is -0.382 e. The molecule has 0 radical (unpaired) electrons. The average molecular weight is 225 g/mol. The summed E-state index contributed by atoms with van der Waals surface area (Å²) in [4.78, 5) is 0. The van der Waals surface area contributed by atoms with Gasteiger partial charge in [0.15, 0.2) is 0 Å². The van der Waals surface area contributed by atoms with E-state index in [4.69, 9.17) is 9.47 Å². The predicted molar refractivity (Wildman–Crippen MR) is 54.8 cm³/mol. The molecule has 0 bridgehead atoms. The van der Waals surface area contributed by atoms with E-state index < -0.39 is 15.3 Å². The van der Waals surface area contributed by atoms with Crippen LogP contribution >= 0.6 is 0 Å². The number of nitrogens with one attached hydrogen (secondary N) is 1. The van der Waals surface area contributed by atoms with Gasteiger partial charge in [-0.3, -0.25) is 0 Å². The van der Waals surface area contributed by atoms with Gasteiger partial charge in [-0.2, -0.15) is 0 Å². The van der Waals surface area contributed by atoms with Gasteiger partial charge < -0.3 is 9.47 Å². The molecule has 0 saturated heterocycles. The van der Waals surface area contributed by atoms with Crippen molar-refractivity contribution >= 4 is 10.0 Å². The summed E-state index contributed by atoms with van der Waals surface area (Å²) in [5.41, 5.74) is 0. The van der Waals surface area contributed by atoms with E-state index in [0.717, 1.165) is 0 Å². The highest BCUT2D eigenvalue weighted by Gasteiger charge is 2.13. The van der Waals surface area contributed by atoms with Crippen molar-refractivity contribution in [3.05, 3.63) is 0 Å². The Morgan fingerprint density at radius 1 is 1.21 bits per heavy atom. The first kappa shape index (κ1) is 13.8. The molecule has 0 heterocycles. The Labute approximate surface area is 85.8 Å². The van der Waals surface area contributed by atoms with Gasteiger partial charge in [0.05, 0.1) is 25.1 Å². The third kappa shape index (κ3) is 6.31. The summed E-state index contributed by atoms with van der Waals surface area (Å²) < 4.78 is 34.8. The molecule has 14 heavy (non-hydrogen) atoms. The monoisotopic (exact) mass is 225 g/mol. The zero-order valence-electron chi connectivity index (χ0n) is 8.95. The van der Waals surface area contributed by atoms with Gasteiger partial charge in [-0.1, -0.05) is 0 Å². The van der Waals surface area contributed by atoms with Crippen LogP contribution in [0.2, 0.25) is 0 Å². The van der Waals surface area contributed by atoms with Crippen LogP contribution in [-0.4, -0.2) is 47.1 Å². The molecule has 0 aliphatic heterocycles. The lowest BCUT2D eigenvalue weighted by atomic mass is 10.6. The van der Waals surface area contributed by atoms with Crippen molar-refractivity contribution in [3.8, 4) is 0 Å². The quantitative estimate of drug-likeness (QED) is 0.590. The Kier molecular flexibility index (Phi) is 7.08. The predicted octanol–water partition coefficient (Wildman–Crippen LogP) is -0.0228. The lowest BCUT2D eigenvalue weighted by Crippen LogP contribution is -2.33. The zero-order valence-corrected chi connectivity index (χ0v) is 9.76. The number of ether oxygens (including phenoxy) is 2. The van der Waals surface area contributed by atoms with E-state index in [1.807, 2.05) is 0 Å². The fourth-order valence-electron chi connectivity index (χ4n) is 0.667. The lowest BCUT2D eigenvalue weighted by Gasteiger charge is -2.09. The largest absolute Gasteiger partial charge is 0.382 e. The van der Waals surface area contributed by atoms with Crippen LogP contribution in [0.4, 0.5) is 0 Å². The zero-order chi connectivity index (χ0) is 11.0. The highest BCUT2D eigenvalue weighted by molar-refractivity contribution is 7.90. The van der Waals surface area contributed by atoms with E-state index in [1.165, 1.54) is 0 Å². The minimum absolute atomic E-state index is 0.310. The van der Waals surface area contributed by atoms with Crippen molar-refractivity contribution in [1.82, 2.24) is 4.72 Å². The minimum atomic E-state index is -3.15. The molecule has 0 spiro atoms. The summed E-state index contributed by atoms with van der Waals surface area (Å²) in [5.74, 6) is 0. The summed E-state index contributed by atoms with van der Waals surface area (Å²) in [6.45, 7) is 4.96. The maximum Gasteiger partial charge on any atom is 0.214 e. The third-order valence-electron chi connectivity index (χ3n) is 1.60. The van der Waals surface area contributed by atoms with Gasteiger partial charge in [0.25, 0.3) is 0 Å². The second-order valence-corrected chi connectivity index (χ2v) is 5.41. The van der Waals surface area contributed by atoms with E-state index in [2.05, 4.69) is 4.72 Å². The third-order valence-corrected chi connectivity index (χ3v) is 3.45. The first-order valence-electron chi connectivity index (χ1n) is 4.56. The number of rotatable bonds is 8. The van der Waals surface area contributed by atoms with Crippen LogP contribution in [0.5, 0.6) is 0 Å². The molecule has 86 valence electrons. The van der Waals surface area contributed by atoms with Crippen molar-refractivity contribution in [2.45, 2.75) is 19.1 Å². The Bertz CT molecular complexity index is 225. The molecule has 0 fully saturated rings. The second kappa shape index (κ2) is 7.17. The first-order valence-corrected chi connectivity index (χ1v) is 6.10. The highest BCUT2D eigenvalue weighted by atomic mass is 32.2. The number of hydrogen-bond donors (Lipinski definition) is 1. The Balaban J connectivity index is 3.46. The van der Waals surface area contributed by atoms with Crippen LogP contribution in [0, 0.1) is 0 Å². The van der Waals surface area contributed by atoms with E-state index in [1.54, 1.807) is 21.0 Å². The van der Waals surface area contributed by atoms with E-state index in [9.17, 15) is 8.42 Å². The lowest BCUT2D eigenvalue weighted by molar-refractivity contribution is 0.0736. The molecule has 0 rings (SSSR count). The highest BCUT2D eigenvalue weighted by Crippen LogP contribution is 1.94. The molecule has 0 unspecified atom stereocenters. The maximum atomic E-state index is 11.2. The molecule has 0 atom stereocenters. The number of sulfonamides is 1. The Morgan fingerprint density at radius 2 is 1.86 bits per heavy atom. The molecule has 0 aliphatic carbocycles. The van der Waals surface area contributed by atoms with Crippen LogP contribution in [0.15, 0.2) is 0 Å². The van der Waals surface area contributed by atoms with Gasteiger partial charge >= 0.3 is 0 Å². The summed E-state index contributed by atoms with van der Waals surface area (Å²) >= 11 is 0. The van der Waals surface area contributed by atoms with Gasteiger partial charge in [-0.15, -0.1) is 0 Å².